The standard InChI is InChI=1S/C25H24ClN5O4S2/c1-2-34-24(33)16-5-3-11-30(13-16)23(32)19-14-36-21(27-19)15-37-25-29-28-22(20-6-4-12-35-20)31(25)18-9-7-17(26)8-10-18/h4,6-10,12,14,16H,2-3,5,11,13,15H2,1H3. The molecule has 1 unspecified atom stereocenters. The van der Waals surface area contributed by atoms with Crippen LogP contribution >= 0.6 is 34.7 Å². The van der Waals surface area contributed by atoms with Crippen molar-refractivity contribution in [3.05, 3.63) is 63.8 Å². The molecule has 1 aliphatic heterocycles. The number of benzene rings is 1. The van der Waals surface area contributed by atoms with E-state index < -0.39 is 0 Å². The Bertz CT molecular complexity index is 1370. The number of carbonyl (C=O) groups excluding carboxylic acids is 2. The third-order valence-electron chi connectivity index (χ3n) is 5.88. The highest BCUT2D eigenvalue weighted by Crippen LogP contribution is 2.31. The average molecular weight is 558 g/mol. The van der Waals surface area contributed by atoms with Crippen LogP contribution in [0.5, 0.6) is 0 Å². The summed E-state index contributed by atoms with van der Waals surface area (Å²) < 4.78 is 12.6. The van der Waals surface area contributed by atoms with Gasteiger partial charge in [-0.05, 0) is 56.2 Å². The van der Waals surface area contributed by atoms with Gasteiger partial charge in [0.1, 0.15) is 10.7 Å². The zero-order valence-electron chi connectivity index (χ0n) is 20.0. The Morgan fingerprint density at radius 2 is 2.08 bits per heavy atom. The predicted molar refractivity (Wildman–Crippen MR) is 141 cm³/mol. The summed E-state index contributed by atoms with van der Waals surface area (Å²) in [5.41, 5.74) is 1.24. The van der Waals surface area contributed by atoms with Crippen LogP contribution in [0.15, 0.2) is 57.6 Å². The summed E-state index contributed by atoms with van der Waals surface area (Å²) in [4.78, 5) is 31.5. The van der Waals surface area contributed by atoms with Crippen LogP contribution in [0.3, 0.4) is 0 Å². The van der Waals surface area contributed by atoms with Gasteiger partial charge in [-0.2, -0.15) is 0 Å². The summed E-state index contributed by atoms with van der Waals surface area (Å²) in [5, 5.41) is 12.6. The van der Waals surface area contributed by atoms with Crippen molar-refractivity contribution < 1.29 is 18.7 Å². The first-order chi connectivity index (χ1) is 18.0. The summed E-state index contributed by atoms with van der Waals surface area (Å²) in [5.74, 6) is 0.992. The minimum absolute atomic E-state index is 0.161. The Balaban J connectivity index is 1.30. The quantitative estimate of drug-likeness (QED) is 0.211. The molecule has 0 aliphatic carbocycles. The minimum Gasteiger partial charge on any atom is -0.466 e. The van der Waals surface area contributed by atoms with Gasteiger partial charge in [-0.3, -0.25) is 14.2 Å². The summed E-state index contributed by atoms with van der Waals surface area (Å²) >= 11 is 8.97. The lowest BCUT2D eigenvalue weighted by molar-refractivity contribution is -0.149. The van der Waals surface area contributed by atoms with Gasteiger partial charge in [-0.25, -0.2) is 4.98 Å². The SMILES string of the molecule is CCOC(=O)C1CCCN(C(=O)c2csc(CSc3nnc(-c4ccco4)n3-c3ccc(Cl)cc3)n2)C1. The number of thiazole rings is 1. The van der Waals surface area contributed by atoms with E-state index in [-0.39, 0.29) is 17.8 Å². The number of piperidine rings is 1. The van der Waals surface area contributed by atoms with E-state index in [1.807, 2.05) is 34.9 Å². The van der Waals surface area contributed by atoms with Crippen molar-refractivity contribution in [3.63, 3.8) is 0 Å². The van der Waals surface area contributed by atoms with Crippen molar-refractivity contribution in [2.75, 3.05) is 19.7 Å². The van der Waals surface area contributed by atoms with E-state index in [0.29, 0.717) is 52.9 Å². The van der Waals surface area contributed by atoms with Gasteiger partial charge >= 0.3 is 5.97 Å². The summed E-state index contributed by atoms with van der Waals surface area (Å²) in [6, 6.07) is 11.0. The normalized spacial score (nSPS) is 15.6. The average Bonchev–Trinajstić information content (AvgIpc) is 3.69. The van der Waals surface area contributed by atoms with Crippen molar-refractivity contribution in [2.24, 2.45) is 5.92 Å². The van der Waals surface area contributed by atoms with Crippen molar-refractivity contribution in [1.82, 2.24) is 24.6 Å². The lowest BCUT2D eigenvalue weighted by Crippen LogP contribution is -2.43. The lowest BCUT2D eigenvalue weighted by Gasteiger charge is -2.31. The van der Waals surface area contributed by atoms with Gasteiger partial charge < -0.3 is 14.1 Å². The highest BCUT2D eigenvalue weighted by atomic mass is 35.5. The molecule has 0 bridgehead atoms. The molecule has 192 valence electrons. The van der Waals surface area contributed by atoms with Crippen molar-refractivity contribution >= 4 is 46.6 Å². The number of carbonyl (C=O) groups is 2. The Hall–Kier alpha value is -3.15. The molecule has 1 aliphatic rings. The second kappa shape index (κ2) is 11.5. The fourth-order valence-corrected chi connectivity index (χ4v) is 5.99. The molecule has 9 nitrogen and oxygen atoms in total. The number of halogens is 1. The Labute approximate surface area is 226 Å². The van der Waals surface area contributed by atoms with Crippen LogP contribution < -0.4 is 0 Å². The van der Waals surface area contributed by atoms with Gasteiger partial charge in [0.2, 0.25) is 5.82 Å². The number of furan rings is 1. The maximum atomic E-state index is 13.1. The van der Waals surface area contributed by atoms with E-state index >= 15 is 0 Å². The van der Waals surface area contributed by atoms with Crippen LogP contribution in [0.1, 0.15) is 35.3 Å². The number of rotatable bonds is 8. The highest BCUT2D eigenvalue weighted by Gasteiger charge is 2.30. The van der Waals surface area contributed by atoms with E-state index in [9.17, 15) is 9.59 Å². The van der Waals surface area contributed by atoms with Crippen LogP contribution in [-0.4, -0.2) is 56.2 Å². The lowest BCUT2D eigenvalue weighted by atomic mass is 9.98. The summed E-state index contributed by atoms with van der Waals surface area (Å²) in [6.07, 6.45) is 3.09. The monoisotopic (exact) mass is 557 g/mol. The molecule has 12 heteroatoms. The number of aromatic nitrogens is 4. The summed E-state index contributed by atoms with van der Waals surface area (Å²) in [7, 11) is 0. The maximum Gasteiger partial charge on any atom is 0.310 e. The first-order valence-electron chi connectivity index (χ1n) is 11.8. The molecule has 4 heterocycles. The molecule has 1 saturated heterocycles. The van der Waals surface area contributed by atoms with E-state index in [4.69, 9.17) is 20.8 Å². The van der Waals surface area contributed by atoms with Crippen LogP contribution in [-0.2, 0) is 15.3 Å². The zero-order chi connectivity index (χ0) is 25.8. The number of hydrogen-bond donors (Lipinski definition) is 0. The largest absolute Gasteiger partial charge is 0.466 e. The Kier molecular flexibility index (Phi) is 7.92. The minimum atomic E-state index is -0.283. The van der Waals surface area contributed by atoms with E-state index in [1.165, 1.54) is 23.1 Å². The van der Waals surface area contributed by atoms with Crippen LogP contribution in [0.25, 0.3) is 17.3 Å². The third kappa shape index (κ3) is 5.73. The molecule has 3 aromatic heterocycles. The Morgan fingerprint density at radius 1 is 1.24 bits per heavy atom. The van der Waals surface area contributed by atoms with Gasteiger partial charge in [0.15, 0.2) is 10.9 Å². The van der Waals surface area contributed by atoms with Crippen molar-refractivity contribution in [1.29, 1.82) is 0 Å². The van der Waals surface area contributed by atoms with Gasteiger partial charge in [0.05, 0.1) is 24.5 Å². The molecule has 1 aromatic carbocycles. The maximum absolute atomic E-state index is 13.1. The van der Waals surface area contributed by atoms with E-state index in [2.05, 4.69) is 15.2 Å². The molecule has 0 N–H and O–H groups in total. The molecular formula is C25H24ClN5O4S2. The second-order valence-electron chi connectivity index (χ2n) is 8.35. The topological polar surface area (TPSA) is 103 Å². The molecule has 0 saturated carbocycles. The molecule has 0 radical (unpaired) electrons. The van der Waals surface area contributed by atoms with E-state index in [1.54, 1.807) is 29.5 Å². The molecule has 1 fully saturated rings. The number of hydrogen-bond acceptors (Lipinski definition) is 9. The fourth-order valence-electron chi connectivity index (χ4n) is 4.13. The molecular weight excluding hydrogens is 534 g/mol. The number of nitrogens with zero attached hydrogens (tertiary/aromatic N) is 5. The third-order valence-corrected chi connectivity index (χ3v) is 8.11. The predicted octanol–water partition coefficient (Wildman–Crippen LogP) is 5.34. The zero-order valence-corrected chi connectivity index (χ0v) is 22.4. The van der Waals surface area contributed by atoms with Gasteiger partial charge in [0, 0.05) is 29.2 Å². The van der Waals surface area contributed by atoms with Crippen LogP contribution in [0.2, 0.25) is 5.02 Å². The fraction of sp³-hybridized carbons (Fsp3) is 0.320. The number of amides is 1. The molecule has 1 atom stereocenters. The second-order valence-corrected chi connectivity index (χ2v) is 10.7. The highest BCUT2D eigenvalue weighted by molar-refractivity contribution is 7.98. The first kappa shape index (κ1) is 25.5. The Morgan fingerprint density at radius 3 is 2.84 bits per heavy atom. The van der Waals surface area contributed by atoms with Gasteiger partial charge in [-0.1, -0.05) is 23.4 Å². The number of likely N-dealkylation sites (tertiary alicyclic amines) is 1. The summed E-state index contributed by atoms with van der Waals surface area (Å²) in [6.45, 7) is 3.09. The van der Waals surface area contributed by atoms with Gasteiger partial charge in [-0.15, -0.1) is 21.5 Å². The smallest absolute Gasteiger partial charge is 0.310 e. The number of esters is 1. The number of ether oxygens (including phenoxy) is 1. The molecule has 37 heavy (non-hydrogen) atoms. The van der Waals surface area contributed by atoms with Crippen molar-refractivity contribution in [3.8, 4) is 17.3 Å². The van der Waals surface area contributed by atoms with E-state index in [0.717, 1.165) is 23.5 Å². The van der Waals surface area contributed by atoms with Crippen LogP contribution in [0, 0.1) is 5.92 Å². The molecule has 4 aromatic rings. The molecule has 5 rings (SSSR count). The van der Waals surface area contributed by atoms with Gasteiger partial charge in [0.25, 0.3) is 5.91 Å². The first-order valence-corrected chi connectivity index (χ1v) is 14.1. The van der Waals surface area contributed by atoms with Crippen molar-refractivity contribution in [2.45, 2.75) is 30.7 Å². The number of thioether (sulfide) groups is 1. The van der Waals surface area contributed by atoms with Crippen LogP contribution in [0.4, 0.5) is 0 Å². The molecule has 1 amide bonds. The molecule has 0 spiro atoms.